The summed E-state index contributed by atoms with van der Waals surface area (Å²) in [6.45, 7) is 3.06. The molecule has 5 nitrogen and oxygen atoms in total. The van der Waals surface area contributed by atoms with Crippen LogP contribution in [0.4, 0.5) is 0 Å². The van der Waals surface area contributed by atoms with Crippen molar-refractivity contribution < 1.29 is 9.90 Å². The van der Waals surface area contributed by atoms with Crippen molar-refractivity contribution in [3.8, 4) is 0 Å². The average molecular weight is 209 g/mol. The first-order valence-electron chi connectivity index (χ1n) is 5.06. The molecule has 2 N–H and O–H groups in total. The lowest BCUT2D eigenvalue weighted by Crippen LogP contribution is -2.35. The zero-order valence-electron chi connectivity index (χ0n) is 8.95. The van der Waals surface area contributed by atoms with E-state index in [0.29, 0.717) is 0 Å². The largest absolute Gasteiger partial charge is 0.476 e. The van der Waals surface area contributed by atoms with Crippen LogP contribution in [0.15, 0.2) is 6.07 Å². The Morgan fingerprint density at radius 1 is 1.73 bits per heavy atom. The topological polar surface area (TPSA) is 67.2 Å². The second-order valence-electron chi connectivity index (χ2n) is 4.21. The summed E-state index contributed by atoms with van der Waals surface area (Å²) in [5.41, 5.74) is 0.926. The highest BCUT2D eigenvalue weighted by Crippen LogP contribution is 2.30. The molecule has 0 aromatic carbocycles. The number of carbonyl (C=O) groups is 1. The van der Waals surface area contributed by atoms with Crippen molar-refractivity contribution in [1.29, 1.82) is 0 Å². The Hall–Kier alpha value is -1.36. The lowest BCUT2D eigenvalue weighted by molar-refractivity contribution is 0.0689. The fourth-order valence-electron chi connectivity index (χ4n) is 2.20. The maximum absolute atomic E-state index is 10.8. The van der Waals surface area contributed by atoms with Gasteiger partial charge in [-0.05, 0) is 32.4 Å². The molecule has 0 spiro atoms. The van der Waals surface area contributed by atoms with Gasteiger partial charge in [0.05, 0.1) is 11.2 Å². The quantitative estimate of drug-likeness (QED) is 0.753. The molecule has 5 heteroatoms. The summed E-state index contributed by atoms with van der Waals surface area (Å²) in [6, 6.07) is 1.65. The van der Waals surface area contributed by atoms with Crippen LogP contribution in [0, 0.1) is 0 Å². The van der Waals surface area contributed by atoms with Crippen LogP contribution in [-0.4, -0.2) is 27.4 Å². The van der Waals surface area contributed by atoms with E-state index in [1.807, 2.05) is 0 Å². The molecular weight excluding hydrogens is 194 g/mol. The van der Waals surface area contributed by atoms with E-state index in [1.54, 1.807) is 17.8 Å². The third-order valence-corrected chi connectivity index (χ3v) is 3.03. The number of aryl methyl sites for hydroxylation is 1. The Labute approximate surface area is 88.1 Å². The summed E-state index contributed by atoms with van der Waals surface area (Å²) in [5.74, 6) is -0.974. The van der Waals surface area contributed by atoms with Crippen LogP contribution in [-0.2, 0) is 12.6 Å². The van der Waals surface area contributed by atoms with Crippen molar-refractivity contribution in [3.63, 3.8) is 0 Å². The summed E-state index contributed by atoms with van der Waals surface area (Å²) in [6.07, 6.45) is 2.13. The van der Waals surface area contributed by atoms with Crippen LogP contribution < -0.4 is 5.32 Å². The first kappa shape index (κ1) is 10.2. The average Bonchev–Trinajstić information content (AvgIpc) is 2.73. The van der Waals surface area contributed by atoms with Gasteiger partial charge in [0.1, 0.15) is 0 Å². The molecule has 15 heavy (non-hydrogen) atoms. The maximum atomic E-state index is 10.8. The number of hydrogen-bond acceptors (Lipinski definition) is 3. The standard InChI is InChI=1S/C10H15N3O2/c1-10(4-3-5-11-10)8-6-7(9(14)15)12-13(8)2/h6,11H,3-5H2,1-2H3,(H,14,15). The van der Waals surface area contributed by atoms with Crippen LogP contribution in [0.3, 0.4) is 0 Å². The highest BCUT2D eigenvalue weighted by Gasteiger charge is 2.33. The van der Waals surface area contributed by atoms with Gasteiger partial charge < -0.3 is 10.4 Å². The third-order valence-electron chi connectivity index (χ3n) is 3.03. The number of aromatic carboxylic acids is 1. The predicted octanol–water partition coefficient (Wildman–Crippen LogP) is 0.717. The molecule has 2 rings (SSSR count). The Bertz CT molecular complexity index is 391. The molecule has 0 amide bonds. The molecule has 1 fully saturated rings. The first-order chi connectivity index (χ1) is 7.03. The third kappa shape index (κ3) is 1.63. The summed E-state index contributed by atoms with van der Waals surface area (Å²) in [7, 11) is 1.78. The monoisotopic (exact) mass is 209 g/mol. The Kier molecular flexibility index (Phi) is 2.26. The van der Waals surface area contributed by atoms with E-state index >= 15 is 0 Å². The van der Waals surface area contributed by atoms with Gasteiger partial charge in [0.15, 0.2) is 5.69 Å². The number of nitrogens with zero attached hydrogens (tertiary/aromatic N) is 2. The lowest BCUT2D eigenvalue weighted by Gasteiger charge is -2.24. The highest BCUT2D eigenvalue weighted by atomic mass is 16.4. The molecule has 1 aliphatic rings. The molecule has 1 atom stereocenters. The minimum atomic E-state index is -0.974. The van der Waals surface area contributed by atoms with Gasteiger partial charge in [-0.15, -0.1) is 0 Å². The molecule has 2 heterocycles. The maximum Gasteiger partial charge on any atom is 0.356 e. The van der Waals surface area contributed by atoms with Crippen molar-refractivity contribution in [2.75, 3.05) is 6.54 Å². The van der Waals surface area contributed by atoms with Gasteiger partial charge in [-0.3, -0.25) is 4.68 Å². The second kappa shape index (κ2) is 3.34. The lowest BCUT2D eigenvalue weighted by atomic mass is 9.95. The van der Waals surface area contributed by atoms with Crippen LogP contribution >= 0.6 is 0 Å². The van der Waals surface area contributed by atoms with Crippen molar-refractivity contribution in [3.05, 3.63) is 17.5 Å². The number of nitrogens with one attached hydrogen (secondary N) is 1. The fraction of sp³-hybridized carbons (Fsp3) is 0.600. The minimum absolute atomic E-state index is 0.113. The summed E-state index contributed by atoms with van der Waals surface area (Å²) < 4.78 is 1.65. The van der Waals surface area contributed by atoms with Gasteiger partial charge in [-0.25, -0.2) is 4.79 Å². The van der Waals surface area contributed by atoms with Gasteiger partial charge in [-0.2, -0.15) is 5.10 Å². The smallest absolute Gasteiger partial charge is 0.356 e. The molecule has 1 aromatic heterocycles. The van der Waals surface area contributed by atoms with Crippen LogP contribution in [0.2, 0.25) is 0 Å². The zero-order chi connectivity index (χ0) is 11.1. The number of carboxylic acid groups (broad SMARTS) is 1. The highest BCUT2D eigenvalue weighted by molar-refractivity contribution is 5.85. The fourth-order valence-corrected chi connectivity index (χ4v) is 2.20. The minimum Gasteiger partial charge on any atom is -0.476 e. The Morgan fingerprint density at radius 3 is 2.93 bits per heavy atom. The first-order valence-corrected chi connectivity index (χ1v) is 5.06. The van der Waals surface area contributed by atoms with Gasteiger partial charge in [0.25, 0.3) is 0 Å². The van der Waals surface area contributed by atoms with Crippen LogP contribution in [0.25, 0.3) is 0 Å². The summed E-state index contributed by atoms with van der Waals surface area (Å²) in [5, 5.41) is 16.2. The van der Waals surface area contributed by atoms with Crippen molar-refractivity contribution in [2.45, 2.75) is 25.3 Å². The molecule has 1 saturated heterocycles. The van der Waals surface area contributed by atoms with Gasteiger partial charge in [0, 0.05) is 7.05 Å². The van der Waals surface area contributed by atoms with Gasteiger partial charge >= 0.3 is 5.97 Å². The number of hydrogen-bond donors (Lipinski definition) is 2. The molecule has 1 aromatic rings. The molecule has 0 aliphatic carbocycles. The van der Waals surface area contributed by atoms with E-state index < -0.39 is 5.97 Å². The normalized spacial score (nSPS) is 25.7. The molecule has 1 aliphatic heterocycles. The SMILES string of the molecule is Cn1nc(C(=O)O)cc1C1(C)CCCN1. The van der Waals surface area contributed by atoms with E-state index in [9.17, 15) is 4.79 Å². The van der Waals surface area contributed by atoms with Gasteiger partial charge in [0.2, 0.25) is 0 Å². The van der Waals surface area contributed by atoms with E-state index in [4.69, 9.17) is 5.11 Å². The van der Waals surface area contributed by atoms with Crippen LogP contribution in [0.5, 0.6) is 0 Å². The summed E-state index contributed by atoms with van der Waals surface area (Å²) in [4.78, 5) is 10.8. The second-order valence-corrected chi connectivity index (χ2v) is 4.21. The van der Waals surface area contributed by atoms with Crippen molar-refractivity contribution in [2.24, 2.45) is 7.05 Å². The summed E-state index contributed by atoms with van der Waals surface area (Å²) >= 11 is 0. The Morgan fingerprint density at radius 2 is 2.47 bits per heavy atom. The van der Waals surface area contributed by atoms with E-state index in [0.717, 1.165) is 25.1 Å². The predicted molar refractivity (Wildman–Crippen MR) is 54.8 cm³/mol. The molecule has 82 valence electrons. The molecule has 0 saturated carbocycles. The Balaban J connectivity index is 2.39. The zero-order valence-corrected chi connectivity index (χ0v) is 8.95. The van der Waals surface area contributed by atoms with E-state index in [-0.39, 0.29) is 11.2 Å². The molecular formula is C10H15N3O2. The van der Waals surface area contributed by atoms with Gasteiger partial charge in [-0.1, -0.05) is 0 Å². The molecule has 1 unspecified atom stereocenters. The van der Waals surface area contributed by atoms with Crippen LogP contribution in [0.1, 0.15) is 35.9 Å². The molecule has 0 radical (unpaired) electrons. The number of aromatic nitrogens is 2. The molecule has 0 bridgehead atoms. The number of rotatable bonds is 2. The number of carboxylic acids is 1. The van der Waals surface area contributed by atoms with E-state index in [1.165, 1.54) is 0 Å². The van der Waals surface area contributed by atoms with Crippen molar-refractivity contribution >= 4 is 5.97 Å². The van der Waals surface area contributed by atoms with E-state index in [2.05, 4.69) is 17.3 Å². The van der Waals surface area contributed by atoms with Crippen molar-refractivity contribution in [1.82, 2.24) is 15.1 Å².